The summed E-state index contributed by atoms with van der Waals surface area (Å²) in [5.41, 5.74) is 0.745. The summed E-state index contributed by atoms with van der Waals surface area (Å²) in [5.74, 6) is -0.364. The van der Waals surface area contributed by atoms with E-state index in [2.05, 4.69) is 10.2 Å². The molecule has 0 radical (unpaired) electrons. The monoisotopic (exact) mass is 267 g/mol. The van der Waals surface area contributed by atoms with Crippen LogP contribution in [0.25, 0.3) is 5.57 Å². The third-order valence-corrected chi connectivity index (χ3v) is 2.78. The maximum Gasteiger partial charge on any atom is 0.410 e. The van der Waals surface area contributed by atoms with E-state index in [9.17, 15) is 9.18 Å². The Morgan fingerprint density at radius 1 is 1.53 bits per heavy atom. The Kier molecular flexibility index (Phi) is 3.59. The van der Waals surface area contributed by atoms with Crippen molar-refractivity contribution in [2.24, 2.45) is 0 Å². The van der Waals surface area contributed by atoms with Crippen molar-refractivity contribution in [2.75, 3.05) is 13.1 Å². The van der Waals surface area contributed by atoms with Crippen molar-refractivity contribution in [3.05, 3.63) is 23.8 Å². The highest BCUT2D eigenvalue weighted by Crippen LogP contribution is 2.23. The molecule has 1 aromatic rings. The van der Waals surface area contributed by atoms with Crippen molar-refractivity contribution < 1.29 is 13.9 Å². The number of halogens is 1. The number of carbonyl (C=O) groups is 1. The predicted octanol–water partition coefficient (Wildman–Crippen LogP) is 2.57. The molecule has 0 spiro atoms. The number of hydrogen-bond acceptors (Lipinski definition) is 3. The zero-order chi connectivity index (χ0) is 14.0. The summed E-state index contributed by atoms with van der Waals surface area (Å²) in [6.07, 6.45) is 3.21. The van der Waals surface area contributed by atoms with E-state index >= 15 is 0 Å². The molecule has 19 heavy (non-hydrogen) atoms. The van der Waals surface area contributed by atoms with Crippen molar-refractivity contribution in [3.8, 4) is 0 Å². The van der Waals surface area contributed by atoms with Crippen LogP contribution in [0.4, 0.5) is 9.18 Å². The van der Waals surface area contributed by atoms with Crippen LogP contribution in [-0.2, 0) is 4.74 Å². The Bertz CT molecular complexity index is 502. The lowest BCUT2D eigenvalue weighted by Gasteiger charge is -2.29. The molecule has 0 aliphatic carbocycles. The first kappa shape index (κ1) is 13.6. The van der Waals surface area contributed by atoms with Crippen LogP contribution in [-0.4, -0.2) is 39.9 Å². The molecule has 0 bridgehead atoms. The van der Waals surface area contributed by atoms with Gasteiger partial charge in [-0.25, -0.2) is 9.18 Å². The summed E-state index contributed by atoms with van der Waals surface area (Å²) in [4.78, 5) is 13.5. The third-order valence-electron chi connectivity index (χ3n) is 2.78. The summed E-state index contributed by atoms with van der Waals surface area (Å²) in [6.45, 7) is 6.42. The molecular weight excluding hydrogens is 249 g/mol. The van der Waals surface area contributed by atoms with E-state index in [4.69, 9.17) is 4.74 Å². The van der Waals surface area contributed by atoms with Gasteiger partial charge in [-0.05, 0) is 32.8 Å². The van der Waals surface area contributed by atoms with Crippen LogP contribution in [0, 0.1) is 5.82 Å². The van der Waals surface area contributed by atoms with Crippen molar-refractivity contribution in [2.45, 2.75) is 32.8 Å². The Morgan fingerprint density at radius 3 is 2.74 bits per heavy atom. The Balaban J connectivity index is 2.00. The fraction of sp³-hybridized carbons (Fsp3) is 0.538. The maximum absolute atomic E-state index is 13.4. The van der Waals surface area contributed by atoms with Gasteiger partial charge in [0.05, 0.1) is 11.9 Å². The fourth-order valence-corrected chi connectivity index (χ4v) is 1.89. The minimum Gasteiger partial charge on any atom is -0.444 e. The first-order chi connectivity index (χ1) is 8.87. The van der Waals surface area contributed by atoms with Gasteiger partial charge in [0.25, 0.3) is 0 Å². The molecule has 2 heterocycles. The van der Waals surface area contributed by atoms with Crippen LogP contribution in [0.2, 0.25) is 0 Å². The van der Waals surface area contributed by atoms with Gasteiger partial charge in [-0.15, -0.1) is 0 Å². The number of nitrogens with one attached hydrogen (secondary N) is 1. The minimum absolute atomic E-state index is 0.340. The number of aromatic amines is 1. The van der Waals surface area contributed by atoms with Crippen molar-refractivity contribution in [3.63, 3.8) is 0 Å². The van der Waals surface area contributed by atoms with Crippen LogP contribution in [0.3, 0.4) is 0 Å². The molecule has 1 aliphatic rings. The van der Waals surface area contributed by atoms with Gasteiger partial charge in [-0.1, -0.05) is 6.08 Å². The second-order valence-electron chi connectivity index (χ2n) is 5.50. The van der Waals surface area contributed by atoms with E-state index in [-0.39, 0.29) is 11.9 Å². The normalized spacial score (nSPS) is 16.2. The summed E-state index contributed by atoms with van der Waals surface area (Å²) in [5, 5.41) is 6.28. The zero-order valence-corrected chi connectivity index (χ0v) is 11.4. The quantitative estimate of drug-likeness (QED) is 0.850. The largest absolute Gasteiger partial charge is 0.444 e. The lowest BCUT2D eigenvalue weighted by molar-refractivity contribution is 0.0270. The molecule has 0 unspecified atom stereocenters. The van der Waals surface area contributed by atoms with Crippen LogP contribution in [0.1, 0.15) is 32.9 Å². The highest BCUT2D eigenvalue weighted by molar-refractivity contribution is 5.71. The number of nitrogens with zero attached hydrogens (tertiary/aromatic N) is 2. The molecule has 1 amide bonds. The van der Waals surface area contributed by atoms with Crippen molar-refractivity contribution in [1.29, 1.82) is 0 Å². The third kappa shape index (κ3) is 3.33. The van der Waals surface area contributed by atoms with E-state index < -0.39 is 5.60 Å². The second kappa shape index (κ2) is 5.03. The van der Waals surface area contributed by atoms with Crippen LogP contribution in [0.5, 0.6) is 0 Å². The summed E-state index contributed by atoms with van der Waals surface area (Å²) in [6, 6.07) is 0. The van der Waals surface area contributed by atoms with Gasteiger partial charge in [0.2, 0.25) is 0 Å². The van der Waals surface area contributed by atoms with Gasteiger partial charge in [0.1, 0.15) is 5.60 Å². The molecule has 2 rings (SSSR count). The number of ether oxygens (including phenoxy) is 1. The fourth-order valence-electron chi connectivity index (χ4n) is 1.89. The summed E-state index contributed by atoms with van der Waals surface area (Å²) >= 11 is 0. The van der Waals surface area contributed by atoms with Gasteiger partial charge >= 0.3 is 6.09 Å². The van der Waals surface area contributed by atoms with Crippen LogP contribution in [0.15, 0.2) is 12.3 Å². The molecule has 0 saturated carbocycles. The molecule has 0 aromatic carbocycles. The number of amides is 1. The smallest absolute Gasteiger partial charge is 0.410 e. The standard InChI is InChI=1S/C13H18FN3O2/c1-13(2,3)19-12(18)17-6-4-9(5-7-17)11-10(14)8-15-16-11/h4,8H,5-7H2,1-3H3,(H,15,16). The van der Waals surface area contributed by atoms with Gasteiger partial charge in [0.15, 0.2) is 5.82 Å². The number of aromatic nitrogens is 2. The van der Waals surface area contributed by atoms with Gasteiger partial charge in [0, 0.05) is 13.1 Å². The van der Waals surface area contributed by atoms with Crippen LogP contribution < -0.4 is 0 Å². The molecule has 6 heteroatoms. The Hall–Kier alpha value is -1.85. The lowest BCUT2D eigenvalue weighted by Crippen LogP contribution is -2.39. The second-order valence-corrected chi connectivity index (χ2v) is 5.50. The molecule has 0 saturated heterocycles. The first-order valence-electron chi connectivity index (χ1n) is 6.23. The molecule has 5 nitrogen and oxygen atoms in total. The zero-order valence-electron chi connectivity index (χ0n) is 11.4. The van der Waals surface area contributed by atoms with Gasteiger partial charge in [-0.2, -0.15) is 5.10 Å². The van der Waals surface area contributed by atoms with Gasteiger partial charge in [-0.3, -0.25) is 5.10 Å². The number of H-pyrrole nitrogens is 1. The summed E-state index contributed by atoms with van der Waals surface area (Å²) < 4.78 is 18.7. The highest BCUT2D eigenvalue weighted by Gasteiger charge is 2.24. The topological polar surface area (TPSA) is 58.2 Å². The van der Waals surface area contributed by atoms with Crippen LogP contribution >= 0.6 is 0 Å². The predicted molar refractivity (Wildman–Crippen MR) is 68.9 cm³/mol. The lowest BCUT2D eigenvalue weighted by atomic mass is 10.1. The van der Waals surface area contributed by atoms with E-state index in [1.54, 1.807) is 4.90 Å². The SMILES string of the molecule is CC(C)(C)OC(=O)N1CC=C(c2[nH]ncc2F)CC1. The number of rotatable bonds is 1. The molecular formula is C13H18FN3O2. The maximum atomic E-state index is 13.4. The van der Waals surface area contributed by atoms with E-state index in [0.717, 1.165) is 11.8 Å². The summed E-state index contributed by atoms with van der Waals surface area (Å²) in [7, 11) is 0. The average Bonchev–Trinajstić information content (AvgIpc) is 2.73. The average molecular weight is 267 g/mol. The Morgan fingerprint density at radius 2 is 2.26 bits per heavy atom. The highest BCUT2D eigenvalue weighted by atomic mass is 19.1. The molecule has 1 aliphatic heterocycles. The van der Waals surface area contributed by atoms with E-state index in [1.807, 2.05) is 26.8 Å². The minimum atomic E-state index is -0.503. The van der Waals surface area contributed by atoms with Crippen molar-refractivity contribution in [1.82, 2.24) is 15.1 Å². The van der Waals surface area contributed by atoms with Crippen molar-refractivity contribution >= 4 is 11.7 Å². The molecule has 104 valence electrons. The van der Waals surface area contributed by atoms with E-state index in [0.29, 0.717) is 25.2 Å². The first-order valence-corrected chi connectivity index (χ1v) is 6.23. The molecule has 1 aromatic heterocycles. The molecule has 0 fully saturated rings. The Labute approximate surface area is 111 Å². The number of carbonyl (C=O) groups excluding carboxylic acids is 1. The number of hydrogen-bond donors (Lipinski definition) is 1. The van der Waals surface area contributed by atoms with Gasteiger partial charge < -0.3 is 9.64 Å². The molecule has 1 N–H and O–H groups in total. The molecule has 0 atom stereocenters. The van der Waals surface area contributed by atoms with E-state index in [1.165, 1.54) is 0 Å².